The molecule has 1 aliphatic heterocycles. The van der Waals surface area contributed by atoms with E-state index in [1.165, 1.54) is 4.58 Å². The molecule has 144 valence electrons. The molecule has 2 N–H and O–H groups in total. The van der Waals surface area contributed by atoms with Gasteiger partial charge >= 0.3 is 11.9 Å². The largest absolute Gasteiger partial charge is 0.481 e. The van der Waals surface area contributed by atoms with Crippen molar-refractivity contribution in [1.29, 1.82) is 0 Å². The van der Waals surface area contributed by atoms with Crippen LogP contribution in [0.4, 0.5) is 4.39 Å². The van der Waals surface area contributed by atoms with Gasteiger partial charge in [-0.1, -0.05) is 18.5 Å². The number of fused-ring (bicyclic) bond motifs is 1. The number of amides is 2. The molecule has 0 saturated carbocycles. The van der Waals surface area contributed by atoms with Crippen molar-refractivity contribution >= 4 is 41.4 Å². The maximum atomic E-state index is 12.7. The Labute approximate surface area is 159 Å². The molecule has 27 heavy (non-hydrogen) atoms. The Balaban J connectivity index is 2.23. The van der Waals surface area contributed by atoms with E-state index >= 15 is 0 Å². The average Bonchev–Trinajstić information content (AvgIpc) is 2.62. The molecule has 1 aromatic carbocycles. The Hall–Kier alpha value is -2.61. The van der Waals surface area contributed by atoms with Crippen molar-refractivity contribution in [3.05, 3.63) is 34.3 Å². The van der Waals surface area contributed by atoms with Crippen LogP contribution >= 0.6 is 11.6 Å². The highest BCUT2D eigenvalue weighted by atomic mass is 35.5. The van der Waals surface area contributed by atoms with E-state index in [-0.39, 0.29) is 6.42 Å². The molecular formula is C18H19ClFN2O5+. The molecule has 9 heteroatoms. The van der Waals surface area contributed by atoms with Crippen molar-refractivity contribution in [2.24, 2.45) is 0 Å². The van der Waals surface area contributed by atoms with E-state index in [0.29, 0.717) is 17.0 Å². The zero-order chi connectivity index (χ0) is 20.1. The van der Waals surface area contributed by atoms with Gasteiger partial charge in [0.15, 0.2) is 12.0 Å². The van der Waals surface area contributed by atoms with Gasteiger partial charge in [-0.3, -0.25) is 14.4 Å². The van der Waals surface area contributed by atoms with Gasteiger partial charge in [-0.2, -0.15) is 4.58 Å². The van der Waals surface area contributed by atoms with Crippen molar-refractivity contribution in [2.45, 2.75) is 38.3 Å². The third kappa shape index (κ3) is 4.77. The molecule has 0 saturated heterocycles. The van der Waals surface area contributed by atoms with E-state index in [9.17, 15) is 23.6 Å². The number of rotatable bonds is 8. The van der Waals surface area contributed by atoms with E-state index in [1.54, 1.807) is 31.3 Å². The highest BCUT2D eigenvalue weighted by Gasteiger charge is 2.38. The summed E-state index contributed by atoms with van der Waals surface area (Å²) in [5.41, 5.74) is 1.14. The Morgan fingerprint density at radius 2 is 2.07 bits per heavy atom. The monoisotopic (exact) mass is 397 g/mol. The molecule has 2 atom stereocenters. The van der Waals surface area contributed by atoms with Gasteiger partial charge in [0.2, 0.25) is 6.04 Å². The fraction of sp³-hybridized carbons (Fsp3) is 0.389. The molecule has 1 heterocycles. The Morgan fingerprint density at radius 3 is 2.67 bits per heavy atom. The second kappa shape index (κ2) is 8.85. The second-order valence-corrected chi connectivity index (χ2v) is 6.52. The molecule has 1 aliphatic rings. The summed E-state index contributed by atoms with van der Waals surface area (Å²) in [7, 11) is 0. The van der Waals surface area contributed by atoms with Gasteiger partial charge < -0.3 is 10.4 Å². The van der Waals surface area contributed by atoms with Crippen molar-refractivity contribution < 1.29 is 33.3 Å². The normalized spacial score (nSPS) is 15.4. The van der Waals surface area contributed by atoms with Crippen LogP contribution in [-0.4, -0.2) is 58.2 Å². The summed E-state index contributed by atoms with van der Waals surface area (Å²) in [6.45, 7) is 0.282. The number of carboxylic acid groups (broad SMARTS) is 1. The van der Waals surface area contributed by atoms with Crippen LogP contribution in [0.25, 0.3) is 0 Å². The van der Waals surface area contributed by atoms with Crippen molar-refractivity contribution in [1.82, 2.24) is 5.32 Å². The van der Waals surface area contributed by atoms with Gasteiger partial charge in [0.05, 0.1) is 18.4 Å². The summed E-state index contributed by atoms with van der Waals surface area (Å²) >= 11 is 5.93. The average molecular weight is 398 g/mol. The van der Waals surface area contributed by atoms with Gasteiger partial charge in [-0.05, 0) is 23.8 Å². The molecule has 0 spiro atoms. The van der Waals surface area contributed by atoms with Crippen LogP contribution in [0.1, 0.15) is 35.7 Å². The lowest BCUT2D eigenvalue weighted by Crippen LogP contribution is -2.51. The van der Waals surface area contributed by atoms with E-state index in [4.69, 9.17) is 16.7 Å². The number of carbonyl (C=O) groups excluding carboxylic acids is 3. The van der Waals surface area contributed by atoms with E-state index in [2.05, 4.69) is 5.32 Å². The quantitative estimate of drug-likeness (QED) is 0.645. The van der Waals surface area contributed by atoms with E-state index in [0.717, 1.165) is 5.56 Å². The number of benzene rings is 1. The van der Waals surface area contributed by atoms with Crippen LogP contribution in [0.2, 0.25) is 5.02 Å². The summed E-state index contributed by atoms with van der Waals surface area (Å²) in [5.74, 6) is -3.50. The van der Waals surface area contributed by atoms with Crippen LogP contribution in [0.3, 0.4) is 0 Å². The Morgan fingerprint density at radius 1 is 1.37 bits per heavy atom. The number of hydrogen-bond acceptors (Lipinski definition) is 4. The molecule has 2 amide bonds. The van der Waals surface area contributed by atoms with Gasteiger partial charge in [-0.25, -0.2) is 9.18 Å². The zero-order valence-corrected chi connectivity index (χ0v) is 15.3. The number of carboxylic acids is 1. The fourth-order valence-corrected chi connectivity index (χ4v) is 3.11. The van der Waals surface area contributed by atoms with E-state index in [1.807, 2.05) is 0 Å². The van der Waals surface area contributed by atoms with Crippen molar-refractivity contribution in [3.63, 3.8) is 0 Å². The molecule has 0 radical (unpaired) electrons. The predicted molar refractivity (Wildman–Crippen MR) is 95.1 cm³/mol. The van der Waals surface area contributed by atoms with Gasteiger partial charge in [0.1, 0.15) is 12.7 Å². The molecule has 0 aliphatic carbocycles. The molecule has 0 fully saturated rings. The number of aliphatic carboxylic acids is 1. The first-order valence-electron chi connectivity index (χ1n) is 8.33. The topological polar surface area (TPSA) is 104 Å². The van der Waals surface area contributed by atoms with Crippen LogP contribution < -0.4 is 5.32 Å². The summed E-state index contributed by atoms with van der Waals surface area (Å²) in [4.78, 5) is 47.8. The number of halogens is 2. The molecule has 2 rings (SSSR count). The van der Waals surface area contributed by atoms with E-state index < -0.39 is 48.7 Å². The highest BCUT2D eigenvalue weighted by Crippen LogP contribution is 2.21. The number of nitrogens with one attached hydrogen (secondary N) is 1. The van der Waals surface area contributed by atoms with Crippen LogP contribution in [0, 0.1) is 0 Å². The Kier molecular flexibility index (Phi) is 6.79. The maximum absolute atomic E-state index is 12.7. The standard InChI is InChI=1S/C18H18ClFN2O5/c1-2-14(17(26)21-13(8-16(24)25)15(23)9-20)22-6-5-10-7-11(19)3-4-12(10)18(22)27/h3-4,6-7,13-14H,2,5,8-9H2,1H3,(H-,21,24,25,26)/p+1/t13?,14-/m0/s1. The third-order valence-electron chi connectivity index (χ3n) is 4.28. The minimum absolute atomic E-state index is 0.223. The van der Waals surface area contributed by atoms with Crippen molar-refractivity contribution in [2.75, 3.05) is 6.67 Å². The van der Waals surface area contributed by atoms with Gasteiger partial charge in [0.25, 0.3) is 5.91 Å². The second-order valence-electron chi connectivity index (χ2n) is 6.08. The van der Waals surface area contributed by atoms with Gasteiger partial charge in [0, 0.05) is 11.4 Å². The Bertz CT molecular complexity index is 824. The van der Waals surface area contributed by atoms with Gasteiger partial charge in [-0.15, -0.1) is 0 Å². The number of carbonyl (C=O) groups is 4. The molecule has 7 nitrogen and oxygen atoms in total. The lowest BCUT2D eigenvalue weighted by Gasteiger charge is -2.20. The van der Waals surface area contributed by atoms with Crippen molar-refractivity contribution in [3.8, 4) is 0 Å². The van der Waals surface area contributed by atoms with Crippen LogP contribution in [0.5, 0.6) is 0 Å². The molecule has 0 aromatic heterocycles. The molecular weight excluding hydrogens is 379 g/mol. The lowest BCUT2D eigenvalue weighted by molar-refractivity contribution is -0.456. The fourth-order valence-electron chi connectivity index (χ4n) is 2.92. The number of alkyl halides is 1. The number of Topliss-reactive ketones (excluding diaryl/α,β-unsaturated/α-hetero) is 1. The first-order valence-corrected chi connectivity index (χ1v) is 8.71. The number of hydrogen-bond donors (Lipinski definition) is 2. The summed E-state index contributed by atoms with van der Waals surface area (Å²) < 4.78 is 13.9. The minimum atomic E-state index is -1.49. The number of ketones is 1. The zero-order valence-electron chi connectivity index (χ0n) is 14.6. The summed E-state index contributed by atoms with van der Waals surface area (Å²) in [5, 5.41) is 11.6. The molecule has 1 aromatic rings. The third-order valence-corrected chi connectivity index (χ3v) is 4.52. The first kappa shape index (κ1) is 20.7. The predicted octanol–water partition coefficient (Wildman–Crippen LogP) is 1.40. The summed E-state index contributed by atoms with van der Waals surface area (Å²) in [6, 6.07) is 2.38. The maximum Gasteiger partial charge on any atom is 0.420 e. The molecule has 0 bridgehead atoms. The minimum Gasteiger partial charge on any atom is -0.481 e. The highest BCUT2D eigenvalue weighted by molar-refractivity contribution is 6.30. The first-order chi connectivity index (χ1) is 12.8. The van der Waals surface area contributed by atoms with Crippen LogP contribution in [-0.2, 0) is 20.8 Å². The van der Waals surface area contributed by atoms with Crippen LogP contribution in [0.15, 0.2) is 18.2 Å². The number of nitrogens with zero attached hydrogens (tertiary/aromatic N) is 1. The molecule has 1 unspecified atom stereocenters. The SMILES string of the molecule is CC[C@@H](C(=O)NC(CC(=O)O)C(=O)CF)[N+]1=CCc2cc(Cl)ccc2C1=O. The lowest BCUT2D eigenvalue weighted by atomic mass is 9.99. The summed E-state index contributed by atoms with van der Waals surface area (Å²) in [6.07, 6.45) is 1.43. The smallest absolute Gasteiger partial charge is 0.420 e.